The number of hydrogen-bond acceptors (Lipinski definition) is 4. The van der Waals surface area contributed by atoms with Gasteiger partial charge in [-0.2, -0.15) is 0 Å². The fourth-order valence-corrected chi connectivity index (χ4v) is 2.97. The molecule has 3 N–H and O–H groups in total. The standard InChI is InChI=1S/C20H32N6O.HI/c1-4-6-17(9-12-27)13-24-20(21-5-2)25-15-18-7-8-19(23-14-18)26-11-10-22-16(26)3;/h7-8,10-11,14,17,27H,4-6,9,12-13,15H2,1-3H3,(H2,21,24,25);1H. The number of hydrogen-bond donors (Lipinski definition) is 3. The molecular weight excluding hydrogens is 467 g/mol. The van der Waals surface area contributed by atoms with Gasteiger partial charge in [0.05, 0.1) is 6.54 Å². The van der Waals surface area contributed by atoms with Gasteiger partial charge in [-0.05, 0) is 44.2 Å². The van der Waals surface area contributed by atoms with Gasteiger partial charge in [-0.25, -0.2) is 15.0 Å². The summed E-state index contributed by atoms with van der Waals surface area (Å²) in [7, 11) is 0. The summed E-state index contributed by atoms with van der Waals surface area (Å²) in [6, 6.07) is 4.03. The van der Waals surface area contributed by atoms with Gasteiger partial charge in [0.25, 0.3) is 0 Å². The third-order valence-corrected chi connectivity index (χ3v) is 4.44. The van der Waals surface area contributed by atoms with E-state index in [0.29, 0.717) is 12.5 Å². The first-order valence-electron chi connectivity index (χ1n) is 9.76. The van der Waals surface area contributed by atoms with Gasteiger partial charge in [0.1, 0.15) is 11.6 Å². The predicted molar refractivity (Wildman–Crippen MR) is 124 cm³/mol. The van der Waals surface area contributed by atoms with Crippen molar-refractivity contribution in [2.75, 3.05) is 19.7 Å². The van der Waals surface area contributed by atoms with Gasteiger partial charge in [-0.3, -0.25) is 4.57 Å². The minimum atomic E-state index is 0. The summed E-state index contributed by atoms with van der Waals surface area (Å²) in [6.07, 6.45) is 8.57. The smallest absolute Gasteiger partial charge is 0.191 e. The SMILES string of the molecule is CCCC(CCO)CNC(=NCc1ccc(-n2ccnc2C)nc1)NCC.I. The van der Waals surface area contributed by atoms with Gasteiger partial charge in [0.2, 0.25) is 0 Å². The molecule has 0 bridgehead atoms. The van der Waals surface area contributed by atoms with E-state index < -0.39 is 0 Å². The molecule has 0 fully saturated rings. The van der Waals surface area contributed by atoms with Crippen LogP contribution in [0.2, 0.25) is 0 Å². The largest absolute Gasteiger partial charge is 0.396 e. The molecule has 0 saturated heterocycles. The average Bonchev–Trinajstić information content (AvgIpc) is 3.10. The number of rotatable bonds is 10. The minimum Gasteiger partial charge on any atom is -0.396 e. The van der Waals surface area contributed by atoms with Crippen molar-refractivity contribution < 1.29 is 5.11 Å². The maximum Gasteiger partial charge on any atom is 0.191 e. The minimum absolute atomic E-state index is 0. The highest BCUT2D eigenvalue weighted by Gasteiger charge is 2.08. The molecule has 7 nitrogen and oxygen atoms in total. The molecule has 2 aromatic heterocycles. The van der Waals surface area contributed by atoms with Crippen LogP contribution in [0.1, 0.15) is 44.5 Å². The topological polar surface area (TPSA) is 87.4 Å². The van der Waals surface area contributed by atoms with Crippen LogP contribution in [0.5, 0.6) is 0 Å². The first-order chi connectivity index (χ1) is 13.2. The summed E-state index contributed by atoms with van der Waals surface area (Å²) < 4.78 is 1.95. The first kappa shape index (κ1) is 24.4. The van der Waals surface area contributed by atoms with Crippen LogP contribution in [0.25, 0.3) is 5.82 Å². The second-order valence-electron chi connectivity index (χ2n) is 6.61. The van der Waals surface area contributed by atoms with Crippen LogP contribution in [0.4, 0.5) is 0 Å². The maximum absolute atomic E-state index is 9.21. The maximum atomic E-state index is 9.21. The third-order valence-electron chi connectivity index (χ3n) is 4.44. The molecule has 0 aromatic carbocycles. The summed E-state index contributed by atoms with van der Waals surface area (Å²) >= 11 is 0. The molecule has 2 heterocycles. The van der Waals surface area contributed by atoms with Crippen molar-refractivity contribution in [2.24, 2.45) is 10.9 Å². The van der Waals surface area contributed by atoms with Gasteiger partial charge in [0.15, 0.2) is 5.96 Å². The van der Waals surface area contributed by atoms with E-state index in [2.05, 4.69) is 39.4 Å². The van der Waals surface area contributed by atoms with Crippen molar-refractivity contribution >= 4 is 29.9 Å². The molecule has 8 heteroatoms. The highest BCUT2D eigenvalue weighted by Crippen LogP contribution is 2.10. The Bertz CT molecular complexity index is 695. The van der Waals surface area contributed by atoms with Crippen molar-refractivity contribution in [3.05, 3.63) is 42.1 Å². The molecule has 2 rings (SSSR count). The van der Waals surface area contributed by atoms with Crippen molar-refractivity contribution in [3.8, 4) is 5.82 Å². The molecular formula is C20H33IN6O. The van der Waals surface area contributed by atoms with E-state index in [1.54, 1.807) is 6.20 Å². The van der Waals surface area contributed by atoms with E-state index in [4.69, 9.17) is 0 Å². The number of halogens is 1. The molecule has 28 heavy (non-hydrogen) atoms. The Morgan fingerprint density at radius 3 is 2.61 bits per heavy atom. The van der Waals surface area contributed by atoms with Crippen LogP contribution in [0.15, 0.2) is 35.7 Å². The molecule has 1 atom stereocenters. The zero-order chi connectivity index (χ0) is 19.5. The molecule has 1 unspecified atom stereocenters. The van der Waals surface area contributed by atoms with E-state index >= 15 is 0 Å². The normalized spacial score (nSPS) is 12.4. The second-order valence-corrected chi connectivity index (χ2v) is 6.61. The summed E-state index contributed by atoms with van der Waals surface area (Å²) in [5, 5.41) is 15.9. The lowest BCUT2D eigenvalue weighted by molar-refractivity contribution is 0.251. The average molecular weight is 500 g/mol. The number of nitrogens with one attached hydrogen (secondary N) is 2. The van der Waals surface area contributed by atoms with E-state index in [-0.39, 0.29) is 30.6 Å². The molecule has 156 valence electrons. The van der Waals surface area contributed by atoms with Gasteiger partial charge >= 0.3 is 0 Å². The van der Waals surface area contributed by atoms with Gasteiger partial charge in [-0.1, -0.05) is 19.4 Å². The van der Waals surface area contributed by atoms with Crippen molar-refractivity contribution in [1.82, 2.24) is 25.2 Å². The lowest BCUT2D eigenvalue weighted by Crippen LogP contribution is -2.40. The van der Waals surface area contributed by atoms with Gasteiger partial charge in [-0.15, -0.1) is 24.0 Å². The number of aromatic nitrogens is 3. The van der Waals surface area contributed by atoms with Gasteiger partial charge < -0.3 is 15.7 Å². The summed E-state index contributed by atoms with van der Waals surface area (Å²) in [5.41, 5.74) is 1.05. The number of aliphatic hydroxyl groups excluding tert-OH is 1. The fraction of sp³-hybridized carbons (Fsp3) is 0.550. The number of pyridine rings is 1. The Kier molecular flexibility index (Phi) is 11.7. The van der Waals surface area contributed by atoms with Crippen LogP contribution in [0.3, 0.4) is 0 Å². The first-order valence-corrected chi connectivity index (χ1v) is 9.76. The quantitative estimate of drug-likeness (QED) is 0.265. The van der Waals surface area contributed by atoms with Crippen molar-refractivity contribution in [2.45, 2.75) is 46.6 Å². The Labute approximate surface area is 185 Å². The Balaban J connectivity index is 0.00000392. The highest BCUT2D eigenvalue weighted by atomic mass is 127. The Hall–Kier alpha value is -1.68. The van der Waals surface area contributed by atoms with Crippen LogP contribution in [-0.2, 0) is 6.54 Å². The monoisotopic (exact) mass is 500 g/mol. The van der Waals surface area contributed by atoms with Crippen LogP contribution >= 0.6 is 24.0 Å². The van der Waals surface area contributed by atoms with Crippen molar-refractivity contribution in [1.29, 1.82) is 0 Å². The lowest BCUT2D eigenvalue weighted by atomic mass is 10.0. The van der Waals surface area contributed by atoms with E-state index in [1.165, 1.54) is 0 Å². The number of guanidine groups is 1. The molecule has 0 aliphatic carbocycles. The van der Waals surface area contributed by atoms with E-state index in [9.17, 15) is 5.11 Å². The number of aliphatic hydroxyl groups is 1. The lowest BCUT2D eigenvalue weighted by Gasteiger charge is -2.18. The highest BCUT2D eigenvalue weighted by molar-refractivity contribution is 14.0. The molecule has 0 spiro atoms. The molecule has 0 amide bonds. The van der Waals surface area contributed by atoms with Crippen LogP contribution in [0, 0.1) is 12.8 Å². The van der Waals surface area contributed by atoms with E-state index in [0.717, 1.165) is 55.5 Å². The number of nitrogens with zero attached hydrogens (tertiary/aromatic N) is 4. The summed E-state index contributed by atoms with van der Waals surface area (Å²) in [4.78, 5) is 13.4. The zero-order valence-corrected chi connectivity index (χ0v) is 19.4. The van der Waals surface area contributed by atoms with E-state index in [1.807, 2.05) is 36.0 Å². The summed E-state index contributed by atoms with van der Waals surface area (Å²) in [6.45, 7) is 8.60. The van der Waals surface area contributed by atoms with Gasteiger partial charge in [0, 0.05) is 38.3 Å². The number of aliphatic imine (C=N–C) groups is 1. The molecule has 0 saturated carbocycles. The Morgan fingerprint density at radius 1 is 1.21 bits per heavy atom. The predicted octanol–water partition coefficient (Wildman–Crippen LogP) is 3.05. The third kappa shape index (κ3) is 7.75. The summed E-state index contributed by atoms with van der Waals surface area (Å²) in [5.74, 6) is 3.03. The van der Waals surface area contributed by atoms with Crippen LogP contribution < -0.4 is 10.6 Å². The molecule has 0 aliphatic heterocycles. The zero-order valence-electron chi connectivity index (χ0n) is 17.1. The fourth-order valence-electron chi connectivity index (χ4n) is 2.97. The Morgan fingerprint density at radius 2 is 2.04 bits per heavy atom. The second kappa shape index (κ2) is 13.5. The van der Waals surface area contributed by atoms with Crippen molar-refractivity contribution in [3.63, 3.8) is 0 Å². The molecule has 0 aliphatic rings. The van der Waals surface area contributed by atoms with Crippen LogP contribution in [-0.4, -0.2) is 45.3 Å². The molecule has 0 radical (unpaired) electrons. The number of aryl methyl sites for hydroxylation is 1. The molecule has 2 aromatic rings. The number of imidazole rings is 1.